The molecule has 0 saturated carbocycles. The molecule has 0 aliphatic carbocycles. The van der Waals surface area contributed by atoms with Gasteiger partial charge in [-0.3, -0.25) is 4.79 Å². The number of rotatable bonds is 5. The van der Waals surface area contributed by atoms with Crippen molar-refractivity contribution in [1.82, 2.24) is 4.90 Å². The SMILES string of the molecule is C[C@@H](OC(=O)CCCN(C)C)C(C)(C)C. The maximum Gasteiger partial charge on any atom is 0.306 e. The fraction of sp³-hybridized carbons (Fsp3) is 0.917. The Kier molecular flexibility index (Phi) is 5.88. The van der Waals surface area contributed by atoms with Crippen LogP contribution in [0.5, 0.6) is 0 Å². The zero-order valence-corrected chi connectivity index (χ0v) is 11.0. The van der Waals surface area contributed by atoms with Gasteiger partial charge >= 0.3 is 5.97 Å². The molecule has 3 nitrogen and oxygen atoms in total. The van der Waals surface area contributed by atoms with Crippen LogP contribution in [0, 0.1) is 5.41 Å². The molecule has 0 radical (unpaired) electrons. The summed E-state index contributed by atoms with van der Waals surface area (Å²) in [6, 6.07) is 0. The summed E-state index contributed by atoms with van der Waals surface area (Å²) >= 11 is 0. The predicted octanol–water partition coefficient (Wildman–Crippen LogP) is 2.31. The van der Waals surface area contributed by atoms with Crippen LogP contribution in [0.1, 0.15) is 40.5 Å². The molecule has 1 atom stereocenters. The lowest BCUT2D eigenvalue weighted by atomic mass is 9.90. The first-order chi connectivity index (χ1) is 6.73. The molecule has 0 unspecified atom stereocenters. The number of carbonyl (C=O) groups excluding carboxylic acids is 1. The number of hydrogen-bond acceptors (Lipinski definition) is 3. The Morgan fingerprint density at radius 2 is 1.87 bits per heavy atom. The summed E-state index contributed by atoms with van der Waals surface area (Å²) < 4.78 is 5.34. The third kappa shape index (κ3) is 7.37. The van der Waals surface area contributed by atoms with Gasteiger partial charge in [-0.2, -0.15) is 0 Å². The number of esters is 1. The molecule has 0 heterocycles. The van der Waals surface area contributed by atoms with E-state index in [1.807, 2.05) is 21.0 Å². The number of carbonyl (C=O) groups is 1. The molecule has 15 heavy (non-hydrogen) atoms. The molecule has 0 spiro atoms. The highest BCUT2D eigenvalue weighted by Crippen LogP contribution is 2.22. The highest BCUT2D eigenvalue weighted by Gasteiger charge is 2.23. The molecule has 0 aromatic carbocycles. The molecule has 0 amide bonds. The van der Waals surface area contributed by atoms with Gasteiger partial charge in [-0.15, -0.1) is 0 Å². The van der Waals surface area contributed by atoms with Crippen LogP contribution < -0.4 is 0 Å². The van der Waals surface area contributed by atoms with Crippen molar-refractivity contribution < 1.29 is 9.53 Å². The van der Waals surface area contributed by atoms with Crippen molar-refractivity contribution in [3.05, 3.63) is 0 Å². The highest BCUT2D eigenvalue weighted by atomic mass is 16.5. The third-order valence-corrected chi connectivity index (χ3v) is 2.51. The van der Waals surface area contributed by atoms with Crippen LogP contribution >= 0.6 is 0 Å². The van der Waals surface area contributed by atoms with E-state index < -0.39 is 0 Å². The summed E-state index contributed by atoms with van der Waals surface area (Å²) in [6.07, 6.45) is 1.35. The predicted molar refractivity (Wildman–Crippen MR) is 62.8 cm³/mol. The molecule has 0 aromatic rings. The van der Waals surface area contributed by atoms with Crippen molar-refractivity contribution in [2.75, 3.05) is 20.6 Å². The summed E-state index contributed by atoms with van der Waals surface area (Å²) in [6.45, 7) is 9.10. The van der Waals surface area contributed by atoms with Crippen molar-refractivity contribution in [1.29, 1.82) is 0 Å². The smallest absolute Gasteiger partial charge is 0.306 e. The van der Waals surface area contributed by atoms with E-state index in [2.05, 4.69) is 25.7 Å². The first kappa shape index (κ1) is 14.4. The van der Waals surface area contributed by atoms with Crippen LogP contribution in [-0.2, 0) is 9.53 Å². The van der Waals surface area contributed by atoms with Crippen molar-refractivity contribution >= 4 is 5.97 Å². The Labute approximate surface area is 93.8 Å². The second-order valence-electron chi connectivity index (χ2n) is 5.40. The van der Waals surface area contributed by atoms with Crippen LogP contribution in [0.4, 0.5) is 0 Å². The second kappa shape index (κ2) is 6.11. The minimum atomic E-state index is -0.0840. The van der Waals surface area contributed by atoms with E-state index in [1.165, 1.54) is 0 Å². The zero-order valence-electron chi connectivity index (χ0n) is 11.0. The van der Waals surface area contributed by atoms with Gasteiger partial charge in [0.2, 0.25) is 0 Å². The Morgan fingerprint density at radius 1 is 1.33 bits per heavy atom. The quantitative estimate of drug-likeness (QED) is 0.659. The molecule has 0 saturated heterocycles. The largest absolute Gasteiger partial charge is 0.462 e. The lowest BCUT2D eigenvalue weighted by Gasteiger charge is -2.26. The van der Waals surface area contributed by atoms with Gasteiger partial charge < -0.3 is 9.64 Å². The fourth-order valence-corrected chi connectivity index (χ4v) is 0.972. The summed E-state index contributed by atoms with van der Waals surface area (Å²) in [5, 5.41) is 0. The first-order valence-corrected chi connectivity index (χ1v) is 5.57. The van der Waals surface area contributed by atoms with Gasteiger partial charge in [-0.25, -0.2) is 0 Å². The van der Waals surface area contributed by atoms with E-state index in [0.717, 1.165) is 13.0 Å². The van der Waals surface area contributed by atoms with Crippen LogP contribution in [0.2, 0.25) is 0 Å². The van der Waals surface area contributed by atoms with Crippen LogP contribution in [0.15, 0.2) is 0 Å². The van der Waals surface area contributed by atoms with Gasteiger partial charge in [-0.1, -0.05) is 20.8 Å². The maximum atomic E-state index is 11.4. The van der Waals surface area contributed by atoms with E-state index in [9.17, 15) is 4.79 Å². The lowest BCUT2D eigenvalue weighted by Crippen LogP contribution is -2.29. The molecule has 0 aliphatic rings. The molecule has 0 bridgehead atoms. The Bertz CT molecular complexity index is 194. The van der Waals surface area contributed by atoms with Crippen molar-refractivity contribution in [2.45, 2.75) is 46.6 Å². The fourth-order valence-electron chi connectivity index (χ4n) is 0.972. The molecule has 0 N–H and O–H groups in total. The second-order valence-corrected chi connectivity index (χ2v) is 5.40. The van der Waals surface area contributed by atoms with Gasteiger partial charge in [0, 0.05) is 6.42 Å². The van der Waals surface area contributed by atoms with Gasteiger partial charge in [0.25, 0.3) is 0 Å². The number of ether oxygens (including phenoxy) is 1. The van der Waals surface area contributed by atoms with E-state index in [-0.39, 0.29) is 17.5 Å². The molecule has 0 aliphatic heterocycles. The summed E-state index contributed by atoms with van der Waals surface area (Å²) in [4.78, 5) is 13.5. The summed E-state index contributed by atoms with van der Waals surface area (Å²) in [5.74, 6) is -0.0840. The molecular weight excluding hydrogens is 190 g/mol. The van der Waals surface area contributed by atoms with Gasteiger partial charge in [0.05, 0.1) is 0 Å². The third-order valence-electron chi connectivity index (χ3n) is 2.51. The van der Waals surface area contributed by atoms with Crippen LogP contribution in [0.3, 0.4) is 0 Å². The lowest BCUT2D eigenvalue weighted by molar-refractivity contribution is -0.153. The van der Waals surface area contributed by atoms with Crippen molar-refractivity contribution in [3.63, 3.8) is 0 Å². The Morgan fingerprint density at radius 3 is 2.27 bits per heavy atom. The van der Waals surface area contributed by atoms with E-state index in [0.29, 0.717) is 6.42 Å². The maximum absolute atomic E-state index is 11.4. The van der Waals surface area contributed by atoms with Crippen LogP contribution in [0.25, 0.3) is 0 Å². The van der Waals surface area contributed by atoms with E-state index in [4.69, 9.17) is 4.74 Å². The molecule has 0 aromatic heterocycles. The molecular formula is C12H25NO2. The molecule has 0 fully saturated rings. The summed E-state index contributed by atoms with van der Waals surface area (Å²) in [7, 11) is 4.01. The number of hydrogen-bond donors (Lipinski definition) is 0. The topological polar surface area (TPSA) is 29.5 Å². The standard InChI is InChI=1S/C12H25NO2/c1-10(12(2,3)4)15-11(14)8-7-9-13(5)6/h10H,7-9H2,1-6H3/t10-/m1/s1. The minimum Gasteiger partial charge on any atom is -0.462 e. The Balaban J connectivity index is 3.75. The van der Waals surface area contributed by atoms with Gasteiger partial charge in [0.1, 0.15) is 6.10 Å². The first-order valence-electron chi connectivity index (χ1n) is 5.57. The monoisotopic (exact) mass is 215 g/mol. The molecule has 0 rings (SSSR count). The average molecular weight is 215 g/mol. The zero-order chi connectivity index (χ0) is 12.1. The van der Waals surface area contributed by atoms with Crippen molar-refractivity contribution in [3.8, 4) is 0 Å². The Hall–Kier alpha value is -0.570. The van der Waals surface area contributed by atoms with Crippen LogP contribution in [-0.4, -0.2) is 37.6 Å². The van der Waals surface area contributed by atoms with Gasteiger partial charge in [0.15, 0.2) is 0 Å². The summed E-state index contributed by atoms with van der Waals surface area (Å²) in [5.41, 5.74) is 0.0250. The van der Waals surface area contributed by atoms with Crippen molar-refractivity contribution in [2.24, 2.45) is 5.41 Å². The molecule has 3 heteroatoms. The minimum absolute atomic E-state index is 0.0237. The number of nitrogens with zero attached hydrogens (tertiary/aromatic N) is 1. The van der Waals surface area contributed by atoms with E-state index >= 15 is 0 Å². The van der Waals surface area contributed by atoms with E-state index in [1.54, 1.807) is 0 Å². The highest BCUT2D eigenvalue weighted by molar-refractivity contribution is 5.69. The van der Waals surface area contributed by atoms with Gasteiger partial charge in [-0.05, 0) is 39.4 Å². The average Bonchev–Trinajstić information content (AvgIpc) is 2.01. The normalized spacial score (nSPS) is 14.1. The molecule has 90 valence electrons.